The van der Waals surface area contributed by atoms with Crippen LogP contribution in [0.5, 0.6) is 0 Å². The van der Waals surface area contributed by atoms with Crippen LogP contribution in [0, 0.1) is 0 Å². The highest BCUT2D eigenvalue weighted by Gasteiger charge is 2.33. The highest BCUT2D eigenvalue weighted by atomic mass is 32.1. The molecule has 0 fully saturated rings. The number of carboxylic acids is 1. The fourth-order valence-electron chi connectivity index (χ4n) is 3.21. The number of carboxylic acid groups (broad SMARTS) is 1. The maximum atomic E-state index is 12.5. The molecule has 6 heteroatoms. The van der Waals surface area contributed by atoms with Crippen molar-refractivity contribution in [3.8, 4) is 0 Å². The van der Waals surface area contributed by atoms with E-state index < -0.39 is 11.9 Å². The molecule has 2 N–H and O–H groups in total. The van der Waals surface area contributed by atoms with Crippen LogP contribution in [-0.2, 0) is 17.6 Å². The summed E-state index contributed by atoms with van der Waals surface area (Å²) in [7, 11) is 0. The van der Waals surface area contributed by atoms with Crippen LogP contribution in [0.3, 0.4) is 0 Å². The van der Waals surface area contributed by atoms with Crippen LogP contribution in [-0.4, -0.2) is 21.0 Å². The summed E-state index contributed by atoms with van der Waals surface area (Å²) in [5, 5.41) is 9.81. The second-order valence-electron chi connectivity index (χ2n) is 5.72. The molecule has 0 saturated heterocycles. The van der Waals surface area contributed by atoms with Gasteiger partial charge in [-0.05, 0) is 24.0 Å². The van der Waals surface area contributed by atoms with Gasteiger partial charge in [0.2, 0.25) is 0 Å². The first-order valence-electron chi connectivity index (χ1n) is 7.44. The fraction of sp³-hybridized carbons (Fsp3) is 0.235. The molecule has 0 spiro atoms. The second-order valence-corrected chi connectivity index (χ2v) is 6.81. The lowest BCUT2D eigenvalue weighted by Crippen LogP contribution is -2.15. The summed E-state index contributed by atoms with van der Waals surface area (Å²) < 4.78 is 0. The minimum atomic E-state index is -0.865. The van der Waals surface area contributed by atoms with Crippen LogP contribution in [0.15, 0.2) is 35.1 Å². The van der Waals surface area contributed by atoms with Crippen molar-refractivity contribution in [2.45, 2.75) is 25.2 Å². The van der Waals surface area contributed by atoms with Crippen molar-refractivity contribution in [2.75, 3.05) is 0 Å². The van der Waals surface area contributed by atoms with Crippen molar-refractivity contribution in [3.63, 3.8) is 0 Å². The average Bonchev–Trinajstić information content (AvgIpc) is 3.06. The van der Waals surface area contributed by atoms with Gasteiger partial charge in [-0.2, -0.15) is 0 Å². The topological polar surface area (TPSA) is 83.0 Å². The molecule has 5 nitrogen and oxygen atoms in total. The number of hydrogen-bond acceptors (Lipinski definition) is 4. The van der Waals surface area contributed by atoms with Crippen LogP contribution < -0.4 is 5.56 Å². The third-order valence-electron chi connectivity index (χ3n) is 4.25. The molecule has 1 atom stereocenters. The SMILES string of the molecule is O=C(O)C1CCc2sc3nc(Cc4ccccc4)[nH]c(=O)c3c21. The number of hydrogen-bond donors (Lipinski definition) is 2. The van der Waals surface area contributed by atoms with Crippen LogP contribution in [0.2, 0.25) is 0 Å². The average molecular weight is 326 g/mol. The van der Waals surface area contributed by atoms with Gasteiger partial charge in [0, 0.05) is 11.3 Å². The lowest BCUT2D eigenvalue weighted by atomic mass is 10.0. The zero-order valence-electron chi connectivity index (χ0n) is 12.2. The summed E-state index contributed by atoms with van der Waals surface area (Å²) in [6.07, 6.45) is 1.83. The molecule has 3 aromatic rings. The number of thiophene rings is 1. The highest BCUT2D eigenvalue weighted by Crippen LogP contribution is 2.42. The van der Waals surface area contributed by atoms with Crippen LogP contribution in [0.4, 0.5) is 0 Å². The number of aromatic nitrogens is 2. The van der Waals surface area contributed by atoms with E-state index in [9.17, 15) is 14.7 Å². The van der Waals surface area contributed by atoms with Crippen LogP contribution in [0.1, 0.15) is 34.2 Å². The van der Waals surface area contributed by atoms with Crippen molar-refractivity contribution in [1.29, 1.82) is 0 Å². The van der Waals surface area contributed by atoms with E-state index >= 15 is 0 Å². The summed E-state index contributed by atoms with van der Waals surface area (Å²) in [6.45, 7) is 0. The maximum Gasteiger partial charge on any atom is 0.311 e. The van der Waals surface area contributed by atoms with E-state index in [0.29, 0.717) is 40.9 Å². The summed E-state index contributed by atoms with van der Waals surface area (Å²) >= 11 is 1.45. The molecule has 4 rings (SSSR count). The highest BCUT2D eigenvalue weighted by molar-refractivity contribution is 7.18. The molecule has 0 saturated carbocycles. The van der Waals surface area contributed by atoms with Gasteiger partial charge in [0.15, 0.2) is 0 Å². The zero-order valence-corrected chi connectivity index (χ0v) is 13.0. The number of nitrogens with one attached hydrogen (secondary N) is 1. The van der Waals surface area contributed by atoms with E-state index in [1.165, 1.54) is 11.3 Å². The Balaban J connectivity index is 1.82. The number of rotatable bonds is 3. The second kappa shape index (κ2) is 5.31. The van der Waals surface area contributed by atoms with Gasteiger partial charge in [-0.3, -0.25) is 9.59 Å². The van der Waals surface area contributed by atoms with E-state index in [2.05, 4.69) is 9.97 Å². The number of nitrogens with zero attached hydrogens (tertiary/aromatic N) is 1. The molecule has 116 valence electrons. The molecule has 0 aliphatic heterocycles. The van der Waals surface area contributed by atoms with Crippen LogP contribution in [0.25, 0.3) is 10.2 Å². The van der Waals surface area contributed by atoms with E-state index in [1.54, 1.807) is 0 Å². The molecule has 1 aromatic carbocycles. The normalized spacial score (nSPS) is 16.6. The Morgan fingerprint density at radius 3 is 2.87 bits per heavy atom. The molecule has 0 bridgehead atoms. The molecule has 0 radical (unpaired) electrons. The first-order valence-corrected chi connectivity index (χ1v) is 8.26. The molecule has 1 aliphatic carbocycles. The number of aliphatic carboxylic acids is 1. The Morgan fingerprint density at radius 2 is 2.13 bits per heavy atom. The maximum absolute atomic E-state index is 12.5. The predicted molar refractivity (Wildman–Crippen MR) is 88.2 cm³/mol. The standard InChI is InChI=1S/C17H14N2O3S/c20-15-14-13-10(17(21)22)6-7-11(13)23-16(14)19-12(18-15)8-9-4-2-1-3-5-9/h1-5,10H,6-8H2,(H,21,22)(H,18,19,20). The van der Waals surface area contributed by atoms with Crippen molar-refractivity contribution in [2.24, 2.45) is 0 Å². The molecule has 1 unspecified atom stereocenters. The number of carbonyl (C=O) groups is 1. The van der Waals surface area contributed by atoms with Gasteiger partial charge in [-0.15, -0.1) is 11.3 Å². The van der Waals surface area contributed by atoms with Gasteiger partial charge in [0.1, 0.15) is 10.7 Å². The summed E-state index contributed by atoms with van der Waals surface area (Å²) in [4.78, 5) is 32.9. The minimum absolute atomic E-state index is 0.230. The summed E-state index contributed by atoms with van der Waals surface area (Å²) in [5.41, 5.74) is 1.52. The molecular weight excluding hydrogens is 312 g/mol. The molecule has 23 heavy (non-hydrogen) atoms. The van der Waals surface area contributed by atoms with Gasteiger partial charge in [-0.25, -0.2) is 4.98 Å². The summed E-state index contributed by atoms with van der Waals surface area (Å²) in [5.74, 6) is -0.835. The van der Waals surface area contributed by atoms with Gasteiger partial charge in [0.25, 0.3) is 5.56 Å². The van der Waals surface area contributed by atoms with Crippen molar-refractivity contribution in [1.82, 2.24) is 9.97 Å². The minimum Gasteiger partial charge on any atom is -0.481 e. The first-order chi connectivity index (χ1) is 11.1. The Morgan fingerprint density at radius 1 is 1.35 bits per heavy atom. The van der Waals surface area contributed by atoms with Crippen molar-refractivity contribution < 1.29 is 9.90 Å². The quantitative estimate of drug-likeness (QED) is 0.775. The fourth-order valence-corrected chi connectivity index (χ4v) is 4.48. The Kier molecular flexibility index (Phi) is 3.27. The third-order valence-corrected chi connectivity index (χ3v) is 5.41. The Labute approximate surface area is 135 Å². The smallest absolute Gasteiger partial charge is 0.311 e. The summed E-state index contributed by atoms with van der Waals surface area (Å²) in [6, 6.07) is 9.81. The number of H-pyrrole nitrogens is 1. The van der Waals surface area contributed by atoms with Gasteiger partial charge in [-0.1, -0.05) is 30.3 Å². The monoisotopic (exact) mass is 326 g/mol. The molecule has 1 aliphatic rings. The van der Waals surface area contributed by atoms with E-state index in [1.807, 2.05) is 30.3 Å². The van der Waals surface area contributed by atoms with Crippen molar-refractivity contribution >= 4 is 27.5 Å². The number of aryl methyl sites for hydroxylation is 1. The van der Waals surface area contributed by atoms with Gasteiger partial charge >= 0.3 is 5.97 Å². The van der Waals surface area contributed by atoms with Gasteiger partial charge < -0.3 is 10.1 Å². The third kappa shape index (κ3) is 2.35. The number of fused-ring (bicyclic) bond motifs is 3. The molecule has 2 heterocycles. The van der Waals surface area contributed by atoms with Gasteiger partial charge in [0.05, 0.1) is 11.3 Å². The molecule has 2 aromatic heterocycles. The zero-order chi connectivity index (χ0) is 16.0. The Bertz CT molecular complexity index is 959. The number of benzene rings is 1. The largest absolute Gasteiger partial charge is 0.481 e. The molecule has 0 amide bonds. The molecular formula is C17H14N2O3S. The lowest BCUT2D eigenvalue weighted by molar-refractivity contribution is -0.138. The first kappa shape index (κ1) is 14.1. The van der Waals surface area contributed by atoms with Crippen LogP contribution >= 0.6 is 11.3 Å². The van der Waals surface area contributed by atoms with Crippen molar-refractivity contribution in [3.05, 3.63) is 62.5 Å². The van der Waals surface area contributed by atoms with E-state index in [-0.39, 0.29) is 5.56 Å². The lowest BCUT2D eigenvalue weighted by Gasteiger charge is -2.05. The van der Waals surface area contributed by atoms with E-state index in [0.717, 1.165) is 10.4 Å². The Hall–Kier alpha value is -2.47. The predicted octanol–water partition coefficient (Wildman–Crippen LogP) is 2.69. The van der Waals surface area contributed by atoms with E-state index in [4.69, 9.17) is 0 Å². The number of aromatic amines is 1.